The van der Waals surface area contributed by atoms with Crippen LogP contribution >= 0.6 is 39.1 Å². The first kappa shape index (κ1) is 24.3. The number of carbonyl (C=O) groups excluding carboxylic acids is 1. The van der Waals surface area contributed by atoms with Crippen LogP contribution in [0, 0.1) is 5.92 Å². The highest BCUT2D eigenvalue weighted by Crippen LogP contribution is 2.45. The summed E-state index contributed by atoms with van der Waals surface area (Å²) < 4.78 is 3.03. The van der Waals surface area contributed by atoms with Crippen LogP contribution in [-0.4, -0.2) is 34.3 Å². The van der Waals surface area contributed by atoms with E-state index >= 15 is 0 Å². The van der Waals surface area contributed by atoms with E-state index < -0.39 is 0 Å². The fourth-order valence-corrected chi connectivity index (χ4v) is 6.67. The van der Waals surface area contributed by atoms with Crippen LogP contribution in [0.3, 0.4) is 0 Å². The Morgan fingerprint density at radius 2 is 1.74 bits per heavy atom. The molecule has 1 aliphatic heterocycles. The minimum absolute atomic E-state index is 0.0757. The van der Waals surface area contributed by atoms with Crippen LogP contribution in [0.25, 0.3) is 0 Å². The zero-order valence-corrected chi connectivity index (χ0v) is 22.1. The van der Waals surface area contributed by atoms with Gasteiger partial charge in [-0.15, -0.1) is 0 Å². The van der Waals surface area contributed by atoms with E-state index in [1.165, 1.54) is 17.1 Å². The minimum atomic E-state index is -0.100. The predicted molar refractivity (Wildman–Crippen MR) is 134 cm³/mol. The first-order chi connectivity index (χ1) is 16.8. The van der Waals surface area contributed by atoms with Gasteiger partial charge in [0, 0.05) is 50.3 Å². The van der Waals surface area contributed by atoms with Gasteiger partial charge in [0.1, 0.15) is 0 Å². The van der Waals surface area contributed by atoms with Crippen LogP contribution in [0.15, 0.2) is 53.4 Å². The molecule has 0 bridgehead atoms. The molecule has 35 heavy (non-hydrogen) atoms. The highest BCUT2D eigenvalue weighted by atomic mass is 79.9. The number of aromatic nitrogens is 2. The van der Waals surface area contributed by atoms with E-state index in [-0.39, 0.29) is 17.7 Å². The summed E-state index contributed by atoms with van der Waals surface area (Å²) in [5.41, 5.74) is 4.96. The Morgan fingerprint density at radius 3 is 2.46 bits per heavy atom. The standard InChI is InChI=1S/C26H26BrCl2N3O3/c27-20-12-19-2-1-18-13-21(28)14-22(29)24(18)25(26(19)32(35)15-20)17-5-7-30(8-6-17)23(33)11-16-3-9-31(34)10-4-16/h3-4,9-10,12-15,17,25,34-35H,1-2,5-8,11H2/q+2/t25-/m1/s1. The predicted octanol–water partition coefficient (Wildman–Crippen LogP) is 4.52. The van der Waals surface area contributed by atoms with Crippen LogP contribution in [0.4, 0.5) is 0 Å². The van der Waals surface area contributed by atoms with Crippen molar-refractivity contribution in [3.05, 3.63) is 91.4 Å². The fourth-order valence-electron chi connectivity index (χ4n) is 5.55. The molecule has 3 heterocycles. The van der Waals surface area contributed by atoms with Gasteiger partial charge in [-0.1, -0.05) is 23.2 Å². The van der Waals surface area contributed by atoms with Crippen molar-refractivity contribution in [3.8, 4) is 0 Å². The largest absolute Gasteiger partial charge is 0.342 e. The van der Waals surface area contributed by atoms with Crippen molar-refractivity contribution in [2.24, 2.45) is 5.92 Å². The quantitative estimate of drug-likeness (QED) is 0.355. The second kappa shape index (κ2) is 9.96. The third-order valence-corrected chi connectivity index (χ3v) is 8.15. The number of nitrogens with zero attached hydrogens (tertiary/aromatic N) is 3. The number of piperidine rings is 1. The number of aryl methyl sites for hydroxylation is 2. The summed E-state index contributed by atoms with van der Waals surface area (Å²) in [5, 5.41) is 21.6. The van der Waals surface area contributed by atoms with Gasteiger partial charge >= 0.3 is 0 Å². The molecule has 1 amide bonds. The monoisotopic (exact) mass is 577 g/mol. The number of rotatable bonds is 3. The molecule has 5 rings (SSSR count). The molecule has 0 radical (unpaired) electrons. The molecule has 2 N–H and O–H groups in total. The maximum absolute atomic E-state index is 12.9. The van der Waals surface area contributed by atoms with Crippen LogP contribution in [0.1, 0.15) is 46.7 Å². The lowest BCUT2D eigenvalue weighted by Crippen LogP contribution is -2.44. The number of hydrogen-bond acceptors (Lipinski definition) is 3. The molecule has 1 fully saturated rings. The summed E-state index contributed by atoms with van der Waals surface area (Å²) >= 11 is 16.7. The van der Waals surface area contributed by atoms with Gasteiger partial charge < -0.3 is 4.90 Å². The number of likely N-dealkylation sites (tertiary alicyclic amines) is 1. The van der Waals surface area contributed by atoms with Gasteiger partial charge in [0.05, 0.1) is 16.8 Å². The topological polar surface area (TPSA) is 68.5 Å². The zero-order chi connectivity index (χ0) is 24.7. The Hall–Kier alpha value is -2.35. The first-order valence-electron chi connectivity index (χ1n) is 11.7. The molecule has 1 atom stereocenters. The Balaban J connectivity index is 1.43. The van der Waals surface area contributed by atoms with Crippen molar-refractivity contribution in [1.29, 1.82) is 0 Å². The van der Waals surface area contributed by atoms with E-state index in [0.717, 1.165) is 62.8 Å². The second-order valence-corrected chi connectivity index (χ2v) is 11.1. The van der Waals surface area contributed by atoms with E-state index in [1.54, 1.807) is 24.4 Å². The Kier molecular flexibility index (Phi) is 6.93. The summed E-state index contributed by atoms with van der Waals surface area (Å²) in [6, 6.07) is 9.34. The molecule has 1 saturated heterocycles. The fraction of sp³-hybridized carbons (Fsp3) is 0.346. The van der Waals surface area contributed by atoms with Crippen molar-refractivity contribution < 1.29 is 24.7 Å². The molecule has 0 unspecified atom stereocenters. The van der Waals surface area contributed by atoms with Gasteiger partial charge in [-0.25, -0.2) is 0 Å². The summed E-state index contributed by atoms with van der Waals surface area (Å²) in [6.45, 7) is 1.29. The average Bonchev–Trinajstić information content (AvgIpc) is 2.98. The number of carbonyl (C=O) groups is 1. The van der Waals surface area contributed by atoms with Crippen LogP contribution in [0.5, 0.6) is 0 Å². The minimum Gasteiger partial charge on any atom is -0.342 e. The number of amides is 1. The van der Waals surface area contributed by atoms with E-state index in [1.807, 2.05) is 11.0 Å². The van der Waals surface area contributed by atoms with Crippen molar-refractivity contribution in [3.63, 3.8) is 0 Å². The van der Waals surface area contributed by atoms with Gasteiger partial charge in [-0.05, 0) is 82.4 Å². The Labute approximate surface area is 222 Å². The molecule has 2 aliphatic rings. The third-order valence-electron chi connectivity index (χ3n) is 7.18. The molecule has 6 nitrogen and oxygen atoms in total. The number of pyridine rings is 2. The number of hydrogen-bond donors (Lipinski definition) is 2. The highest BCUT2D eigenvalue weighted by Gasteiger charge is 2.41. The van der Waals surface area contributed by atoms with Crippen LogP contribution in [0.2, 0.25) is 10.0 Å². The van der Waals surface area contributed by atoms with Gasteiger partial charge in [-0.3, -0.25) is 15.2 Å². The highest BCUT2D eigenvalue weighted by molar-refractivity contribution is 9.10. The lowest BCUT2D eigenvalue weighted by atomic mass is 9.76. The molecular weight excluding hydrogens is 553 g/mol. The van der Waals surface area contributed by atoms with Crippen LogP contribution < -0.4 is 9.46 Å². The van der Waals surface area contributed by atoms with Crippen molar-refractivity contribution >= 4 is 45.0 Å². The van der Waals surface area contributed by atoms with Crippen molar-refractivity contribution in [2.45, 2.75) is 38.0 Å². The lowest BCUT2D eigenvalue weighted by molar-refractivity contribution is -0.910. The van der Waals surface area contributed by atoms with Crippen molar-refractivity contribution in [1.82, 2.24) is 4.90 Å². The summed E-state index contributed by atoms with van der Waals surface area (Å²) in [6.07, 6.45) is 8.19. The molecule has 1 aromatic carbocycles. The number of benzene rings is 1. The molecule has 9 heteroatoms. The smallest absolute Gasteiger partial charge is 0.245 e. The lowest BCUT2D eigenvalue weighted by Gasteiger charge is -2.36. The van der Waals surface area contributed by atoms with Gasteiger partial charge in [0.25, 0.3) is 0 Å². The third kappa shape index (κ3) is 4.99. The second-order valence-electron chi connectivity index (χ2n) is 9.33. The van der Waals surface area contributed by atoms with Crippen LogP contribution in [-0.2, 0) is 24.1 Å². The average molecular weight is 579 g/mol. The van der Waals surface area contributed by atoms with Gasteiger partial charge in [0.2, 0.25) is 30.2 Å². The number of fused-ring (bicyclic) bond motifs is 2. The Morgan fingerprint density at radius 1 is 1.06 bits per heavy atom. The molecule has 182 valence electrons. The maximum Gasteiger partial charge on any atom is 0.245 e. The molecule has 1 aliphatic carbocycles. The summed E-state index contributed by atoms with van der Waals surface area (Å²) in [7, 11) is 0. The van der Waals surface area contributed by atoms with E-state index in [9.17, 15) is 15.2 Å². The molecular formula is C26H26BrCl2N3O3+2. The molecule has 0 saturated carbocycles. The molecule has 2 aromatic heterocycles. The van der Waals surface area contributed by atoms with E-state index in [4.69, 9.17) is 23.2 Å². The summed E-state index contributed by atoms with van der Waals surface area (Å²) in [4.78, 5) is 14.9. The number of halogens is 3. The van der Waals surface area contributed by atoms with E-state index in [0.29, 0.717) is 29.6 Å². The zero-order valence-electron chi connectivity index (χ0n) is 19.0. The van der Waals surface area contributed by atoms with Gasteiger partial charge in [0.15, 0.2) is 0 Å². The Bertz CT molecular complexity index is 1220. The molecule has 3 aromatic rings. The van der Waals surface area contributed by atoms with E-state index in [2.05, 4.69) is 22.0 Å². The summed E-state index contributed by atoms with van der Waals surface area (Å²) in [5.74, 6) is 0.182. The van der Waals surface area contributed by atoms with Crippen molar-refractivity contribution in [2.75, 3.05) is 13.1 Å². The first-order valence-corrected chi connectivity index (χ1v) is 13.2. The SMILES string of the molecule is O=C(Cc1cc[n+](O)cc1)N1CCC([C@@H]2c3c(Cl)cc(Cl)cc3CCc3cc(Br)c[n+](O)c32)CC1. The van der Waals surface area contributed by atoms with Gasteiger partial charge in [-0.2, -0.15) is 0 Å². The normalized spacial score (nSPS) is 18.0. The molecule has 0 spiro atoms. The maximum atomic E-state index is 12.9.